The number of unbranched alkanes of at least 4 members (excludes halogenated alkanes) is 28. The Balaban J connectivity index is 4.41. The molecule has 0 radical (unpaired) electrons. The van der Waals surface area contributed by atoms with E-state index in [2.05, 4.69) is 57.2 Å². The third kappa shape index (κ3) is 44.7. The van der Waals surface area contributed by atoms with Crippen LogP contribution in [0.15, 0.2) is 36.5 Å². The Bertz CT molecular complexity index is 984. The Kier molecular flexibility index (Phi) is 45.4. The van der Waals surface area contributed by atoms with Gasteiger partial charge >= 0.3 is 17.9 Å². The van der Waals surface area contributed by atoms with E-state index in [9.17, 15) is 14.4 Å². The first-order chi connectivity index (χ1) is 28.5. The van der Waals surface area contributed by atoms with E-state index in [4.69, 9.17) is 14.2 Å². The summed E-state index contributed by atoms with van der Waals surface area (Å²) in [6.45, 7) is 6.59. The van der Waals surface area contributed by atoms with Crippen LogP contribution in [0.4, 0.5) is 0 Å². The van der Waals surface area contributed by atoms with Crippen LogP contribution in [0.25, 0.3) is 0 Å². The van der Waals surface area contributed by atoms with Crippen molar-refractivity contribution in [3.05, 3.63) is 36.5 Å². The van der Waals surface area contributed by atoms with Gasteiger partial charge in [-0.25, -0.2) is 0 Å². The number of rotatable bonds is 45. The molecular weight excluding hydrogens is 721 g/mol. The summed E-state index contributed by atoms with van der Waals surface area (Å²) < 4.78 is 16.7. The van der Waals surface area contributed by atoms with Gasteiger partial charge in [-0.3, -0.25) is 14.4 Å². The molecule has 0 amide bonds. The lowest BCUT2D eigenvalue weighted by molar-refractivity contribution is -0.167. The van der Waals surface area contributed by atoms with E-state index in [1.54, 1.807) is 0 Å². The summed E-state index contributed by atoms with van der Waals surface area (Å²) in [7, 11) is 0. The van der Waals surface area contributed by atoms with Crippen LogP contribution in [-0.2, 0) is 28.6 Å². The first-order valence-electron chi connectivity index (χ1n) is 25.0. The van der Waals surface area contributed by atoms with Crippen molar-refractivity contribution in [2.24, 2.45) is 0 Å². The summed E-state index contributed by atoms with van der Waals surface area (Å²) in [5.74, 6) is -0.931. The first kappa shape index (κ1) is 55.6. The largest absolute Gasteiger partial charge is 0.462 e. The van der Waals surface area contributed by atoms with E-state index in [0.717, 1.165) is 57.8 Å². The van der Waals surface area contributed by atoms with Crippen molar-refractivity contribution in [1.29, 1.82) is 0 Å². The van der Waals surface area contributed by atoms with Crippen molar-refractivity contribution in [2.45, 2.75) is 264 Å². The SMILES string of the molecule is CCCCCCCC/C=C\C/C=C\C/C=C\CCCC(=O)OCC(COC(=O)CCCCCCCCCCCCC)OC(=O)CCCCCCCCCCCCCC. The molecule has 0 aromatic heterocycles. The molecule has 0 N–H and O–H groups in total. The zero-order valence-electron chi connectivity index (χ0n) is 38.6. The number of esters is 3. The molecule has 0 bridgehead atoms. The monoisotopic (exact) mass is 815 g/mol. The fraction of sp³-hybridized carbons (Fsp3) is 0.827. The molecule has 1 unspecified atom stereocenters. The maximum atomic E-state index is 12.7. The van der Waals surface area contributed by atoms with Crippen molar-refractivity contribution in [3.63, 3.8) is 0 Å². The summed E-state index contributed by atoms with van der Waals surface area (Å²) in [6, 6.07) is 0. The molecule has 338 valence electrons. The summed E-state index contributed by atoms with van der Waals surface area (Å²) in [4.78, 5) is 37.8. The van der Waals surface area contributed by atoms with Gasteiger partial charge in [-0.1, -0.05) is 224 Å². The zero-order chi connectivity index (χ0) is 42.3. The number of ether oxygens (including phenoxy) is 3. The Labute approximate surface area is 359 Å². The lowest BCUT2D eigenvalue weighted by atomic mass is 10.0. The molecule has 0 aliphatic heterocycles. The minimum Gasteiger partial charge on any atom is -0.462 e. The highest BCUT2D eigenvalue weighted by Gasteiger charge is 2.19. The van der Waals surface area contributed by atoms with E-state index in [0.29, 0.717) is 25.7 Å². The second-order valence-corrected chi connectivity index (χ2v) is 16.7. The molecule has 58 heavy (non-hydrogen) atoms. The summed E-state index contributed by atoms with van der Waals surface area (Å²) in [5, 5.41) is 0. The fourth-order valence-electron chi connectivity index (χ4n) is 7.11. The van der Waals surface area contributed by atoms with Crippen molar-refractivity contribution in [3.8, 4) is 0 Å². The standard InChI is InChI=1S/C52H94O6/c1-4-7-10-13-16-19-22-24-25-26-27-28-31-33-36-39-42-45-51(54)57-48-49(47-56-50(53)44-41-38-35-32-29-21-18-15-12-9-6-3)58-52(55)46-43-40-37-34-30-23-20-17-14-11-8-5-2/h24-25,27-28,33,36,49H,4-23,26,29-32,34-35,37-48H2,1-3H3/b25-24-,28-27-,36-33-. The van der Waals surface area contributed by atoms with E-state index in [-0.39, 0.29) is 31.1 Å². The highest BCUT2D eigenvalue weighted by atomic mass is 16.6. The number of hydrogen-bond acceptors (Lipinski definition) is 6. The molecule has 0 heterocycles. The van der Waals surface area contributed by atoms with Crippen LogP contribution in [-0.4, -0.2) is 37.2 Å². The van der Waals surface area contributed by atoms with E-state index < -0.39 is 6.10 Å². The van der Waals surface area contributed by atoms with Crippen LogP contribution < -0.4 is 0 Å². The molecular formula is C52H94O6. The van der Waals surface area contributed by atoms with Gasteiger partial charge in [-0.2, -0.15) is 0 Å². The molecule has 0 aromatic carbocycles. The molecule has 0 aliphatic rings. The lowest BCUT2D eigenvalue weighted by Crippen LogP contribution is -2.30. The van der Waals surface area contributed by atoms with E-state index in [1.165, 1.54) is 154 Å². The van der Waals surface area contributed by atoms with Gasteiger partial charge in [0.15, 0.2) is 6.10 Å². The van der Waals surface area contributed by atoms with Gasteiger partial charge in [0, 0.05) is 19.3 Å². The van der Waals surface area contributed by atoms with Crippen molar-refractivity contribution < 1.29 is 28.6 Å². The van der Waals surface area contributed by atoms with Crippen molar-refractivity contribution in [2.75, 3.05) is 13.2 Å². The third-order valence-corrected chi connectivity index (χ3v) is 10.9. The lowest BCUT2D eigenvalue weighted by Gasteiger charge is -2.18. The first-order valence-corrected chi connectivity index (χ1v) is 25.0. The van der Waals surface area contributed by atoms with Gasteiger partial charge in [0.05, 0.1) is 0 Å². The van der Waals surface area contributed by atoms with Crippen LogP contribution >= 0.6 is 0 Å². The second kappa shape index (κ2) is 47.3. The van der Waals surface area contributed by atoms with E-state index >= 15 is 0 Å². The molecule has 0 fully saturated rings. The third-order valence-electron chi connectivity index (χ3n) is 10.9. The summed E-state index contributed by atoms with van der Waals surface area (Å²) >= 11 is 0. The average molecular weight is 815 g/mol. The number of carbonyl (C=O) groups is 3. The van der Waals surface area contributed by atoms with Crippen LogP contribution in [0.5, 0.6) is 0 Å². The molecule has 0 rings (SSSR count). The highest BCUT2D eigenvalue weighted by Crippen LogP contribution is 2.15. The van der Waals surface area contributed by atoms with Crippen LogP contribution in [0.3, 0.4) is 0 Å². The fourth-order valence-corrected chi connectivity index (χ4v) is 7.11. The molecule has 0 saturated heterocycles. The maximum absolute atomic E-state index is 12.7. The topological polar surface area (TPSA) is 78.9 Å². The summed E-state index contributed by atoms with van der Waals surface area (Å²) in [5.41, 5.74) is 0. The van der Waals surface area contributed by atoms with E-state index in [1.807, 2.05) is 0 Å². The Morgan fingerprint density at radius 1 is 0.345 bits per heavy atom. The molecule has 6 nitrogen and oxygen atoms in total. The second-order valence-electron chi connectivity index (χ2n) is 16.7. The molecule has 1 atom stereocenters. The number of hydrogen-bond donors (Lipinski definition) is 0. The van der Waals surface area contributed by atoms with Gasteiger partial charge in [0.1, 0.15) is 13.2 Å². The predicted molar refractivity (Wildman–Crippen MR) is 247 cm³/mol. The zero-order valence-corrected chi connectivity index (χ0v) is 38.6. The molecule has 6 heteroatoms. The smallest absolute Gasteiger partial charge is 0.306 e. The van der Waals surface area contributed by atoms with Gasteiger partial charge in [0.2, 0.25) is 0 Å². The maximum Gasteiger partial charge on any atom is 0.306 e. The summed E-state index contributed by atoms with van der Waals surface area (Å²) in [6.07, 6.45) is 54.2. The minimum absolute atomic E-state index is 0.0838. The number of carbonyl (C=O) groups excluding carboxylic acids is 3. The van der Waals surface area contributed by atoms with Crippen LogP contribution in [0.2, 0.25) is 0 Å². The quantitative estimate of drug-likeness (QED) is 0.0264. The van der Waals surface area contributed by atoms with Crippen molar-refractivity contribution in [1.82, 2.24) is 0 Å². The van der Waals surface area contributed by atoms with Gasteiger partial charge in [0.25, 0.3) is 0 Å². The van der Waals surface area contributed by atoms with Gasteiger partial charge < -0.3 is 14.2 Å². The van der Waals surface area contributed by atoms with Gasteiger partial charge in [-0.05, 0) is 51.4 Å². The van der Waals surface area contributed by atoms with Crippen molar-refractivity contribution >= 4 is 17.9 Å². The van der Waals surface area contributed by atoms with Crippen LogP contribution in [0, 0.1) is 0 Å². The predicted octanol–water partition coefficient (Wildman–Crippen LogP) is 16.1. The molecule has 0 spiro atoms. The molecule has 0 saturated carbocycles. The average Bonchev–Trinajstić information content (AvgIpc) is 3.22. The molecule has 0 aliphatic carbocycles. The Morgan fingerprint density at radius 2 is 0.638 bits per heavy atom. The van der Waals surface area contributed by atoms with Crippen LogP contribution in [0.1, 0.15) is 258 Å². The highest BCUT2D eigenvalue weighted by molar-refractivity contribution is 5.71. The normalized spacial score (nSPS) is 12.3. The Hall–Kier alpha value is -2.37. The van der Waals surface area contributed by atoms with Gasteiger partial charge in [-0.15, -0.1) is 0 Å². The Morgan fingerprint density at radius 3 is 1.03 bits per heavy atom. The number of allylic oxidation sites excluding steroid dienone is 6. The molecule has 0 aromatic rings. The minimum atomic E-state index is -0.785.